The molecule has 1 N–H and O–H groups in total. The van der Waals surface area contributed by atoms with Gasteiger partial charge in [0.15, 0.2) is 0 Å². The fourth-order valence-electron chi connectivity index (χ4n) is 2.95. The second-order valence-corrected chi connectivity index (χ2v) is 7.57. The first-order valence-electron chi connectivity index (χ1n) is 7.21. The summed E-state index contributed by atoms with van der Waals surface area (Å²) >= 11 is 0. The van der Waals surface area contributed by atoms with Gasteiger partial charge in [-0.05, 0) is 39.5 Å². The predicted molar refractivity (Wildman–Crippen MR) is 83.3 cm³/mol. The molecule has 0 spiro atoms. The monoisotopic (exact) mass is 293 g/mol. The lowest BCUT2D eigenvalue weighted by molar-refractivity contribution is -0.118. The molecule has 0 saturated heterocycles. The average Bonchev–Trinajstić information content (AvgIpc) is 2.47. The highest BCUT2D eigenvalue weighted by Crippen LogP contribution is 2.27. The maximum absolute atomic E-state index is 12.4. The van der Waals surface area contributed by atoms with Crippen LogP contribution in [0.15, 0.2) is 0 Å². The maximum atomic E-state index is 12.4. The number of ketones is 1. The Morgan fingerprint density at radius 2 is 1.67 bits per heavy atom. The van der Waals surface area contributed by atoms with Crippen molar-refractivity contribution < 1.29 is 9.59 Å². The largest absolute Gasteiger partial charge is 0.344 e. The minimum Gasteiger partial charge on any atom is -0.344 e. The number of rotatable bonds is 4. The Bertz CT molecular complexity index is 563. The molecule has 0 aliphatic rings. The number of aromatic nitrogens is 2. The van der Waals surface area contributed by atoms with Gasteiger partial charge in [0.05, 0.1) is 11.3 Å². The molecule has 1 aromatic rings. The zero-order valence-corrected chi connectivity index (χ0v) is 14.4. The second-order valence-electron chi connectivity index (χ2n) is 7.57. The van der Waals surface area contributed by atoms with Crippen LogP contribution in [-0.4, -0.2) is 27.0 Å². The van der Waals surface area contributed by atoms with E-state index in [2.05, 4.69) is 31.2 Å². The van der Waals surface area contributed by atoms with Gasteiger partial charge in [0, 0.05) is 18.3 Å². The lowest BCUT2D eigenvalue weighted by Crippen LogP contribution is -2.48. The molecule has 1 rings (SSSR count). The van der Waals surface area contributed by atoms with E-state index in [9.17, 15) is 9.59 Å². The van der Waals surface area contributed by atoms with Gasteiger partial charge in [-0.1, -0.05) is 20.8 Å². The summed E-state index contributed by atoms with van der Waals surface area (Å²) in [5, 5.41) is 7.04. The predicted octanol–water partition coefficient (Wildman–Crippen LogP) is 2.55. The Morgan fingerprint density at radius 3 is 2.05 bits per heavy atom. The van der Waals surface area contributed by atoms with E-state index in [1.807, 2.05) is 13.8 Å². The highest BCUT2D eigenvalue weighted by atomic mass is 16.2. The van der Waals surface area contributed by atoms with Crippen LogP contribution >= 0.6 is 0 Å². The third-order valence-corrected chi connectivity index (χ3v) is 3.37. The Hall–Kier alpha value is -1.65. The van der Waals surface area contributed by atoms with E-state index in [0.717, 1.165) is 6.42 Å². The molecule has 0 aromatic carbocycles. The van der Waals surface area contributed by atoms with E-state index in [0.29, 0.717) is 17.0 Å². The number of hydrogen-bond donors (Lipinski definition) is 1. The van der Waals surface area contributed by atoms with Crippen molar-refractivity contribution in [3.63, 3.8) is 0 Å². The summed E-state index contributed by atoms with van der Waals surface area (Å²) in [7, 11) is 1.76. The number of nitrogens with zero attached hydrogens (tertiary/aromatic N) is 2. The van der Waals surface area contributed by atoms with Crippen LogP contribution in [0.4, 0.5) is 0 Å². The molecule has 0 unspecified atom stereocenters. The third kappa shape index (κ3) is 4.41. The van der Waals surface area contributed by atoms with Gasteiger partial charge in [0.1, 0.15) is 0 Å². The van der Waals surface area contributed by atoms with Crippen LogP contribution in [0.2, 0.25) is 0 Å². The highest BCUT2D eigenvalue weighted by molar-refractivity contribution is 6.43. The van der Waals surface area contributed by atoms with E-state index in [1.54, 1.807) is 25.6 Å². The van der Waals surface area contributed by atoms with Crippen LogP contribution in [0, 0.1) is 19.3 Å². The van der Waals surface area contributed by atoms with Crippen molar-refractivity contribution in [1.82, 2.24) is 15.1 Å². The van der Waals surface area contributed by atoms with Crippen molar-refractivity contribution >= 4 is 11.7 Å². The van der Waals surface area contributed by atoms with E-state index in [1.165, 1.54) is 0 Å². The molecular formula is C16H27N3O2. The molecule has 118 valence electrons. The highest BCUT2D eigenvalue weighted by Gasteiger charge is 2.31. The molecule has 5 heteroatoms. The molecule has 21 heavy (non-hydrogen) atoms. The molecule has 0 aliphatic heterocycles. The Morgan fingerprint density at radius 1 is 1.14 bits per heavy atom. The van der Waals surface area contributed by atoms with Gasteiger partial charge in [-0.2, -0.15) is 5.10 Å². The molecule has 0 saturated carbocycles. The lowest BCUT2D eigenvalue weighted by Gasteiger charge is -2.33. The van der Waals surface area contributed by atoms with Gasteiger partial charge in [-0.25, -0.2) is 0 Å². The van der Waals surface area contributed by atoms with Crippen molar-refractivity contribution in [1.29, 1.82) is 0 Å². The summed E-state index contributed by atoms with van der Waals surface area (Å²) in [4.78, 5) is 24.6. The van der Waals surface area contributed by atoms with Crippen LogP contribution in [0.25, 0.3) is 0 Å². The molecule has 0 aliphatic carbocycles. The summed E-state index contributed by atoms with van der Waals surface area (Å²) in [6.45, 7) is 13.7. The van der Waals surface area contributed by atoms with E-state index in [4.69, 9.17) is 0 Å². The van der Waals surface area contributed by atoms with Crippen LogP contribution < -0.4 is 5.32 Å². The van der Waals surface area contributed by atoms with Gasteiger partial charge < -0.3 is 5.32 Å². The first-order valence-corrected chi connectivity index (χ1v) is 7.21. The number of Topliss-reactive ketones (excluding diaryl/α,β-unsaturated/α-hetero) is 1. The first-order chi connectivity index (χ1) is 9.34. The standard InChI is InChI=1S/C16H27N3O2/c1-10-12(11(2)19(8)18-10)13(20)14(21)17-16(6,7)9-15(3,4)5/h9H2,1-8H3,(H,17,21). The van der Waals surface area contributed by atoms with Gasteiger partial charge in [0.2, 0.25) is 0 Å². The first kappa shape index (κ1) is 17.4. The zero-order valence-electron chi connectivity index (χ0n) is 14.4. The van der Waals surface area contributed by atoms with Crippen molar-refractivity contribution in [3.05, 3.63) is 17.0 Å². The molecule has 0 bridgehead atoms. The van der Waals surface area contributed by atoms with Crippen LogP contribution in [-0.2, 0) is 11.8 Å². The lowest BCUT2D eigenvalue weighted by atomic mass is 9.81. The fraction of sp³-hybridized carbons (Fsp3) is 0.688. The number of carbonyl (C=O) groups is 2. The molecule has 1 amide bonds. The van der Waals surface area contributed by atoms with Crippen LogP contribution in [0.3, 0.4) is 0 Å². The van der Waals surface area contributed by atoms with Gasteiger partial charge in [-0.3, -0.25) is 14.3 Å². The number of amides is 1. The van der Waals surface area contributed by atoms with Crippen molar-refractivity contribution in [2.75, 3.05) is 0 Å². The average molecular weight is 293 g/mol. The van der Waals surface area contributed by atoms with E-state index < -0.39 is 17.2 Å². The minimum atomic E-state index is -0.566. The summed E-state index contributed by atoms with van der Waals surface area (Å²) < 4.78 is 1.62. The Kier molecular flexibility index (Phi) is 4.66. The molecule has 5 nitrogen and oxygen atoms in total. The molecular weight excluding hydrogens is 266 g/mol. The fourth-order valence-corrected chi connectivity index (χ4v) is 2.95. The molecule has 0 fully saturated rings. The topological polar surface area (TPSA) is 64.0 Å². The molecule has 0 radical (unpaired) electrons. The van der Waals surface area contributed by atoms with Gasteiger partial charge in [0.25, 0.3) is 11.7 Å². The number of nitrogens with one attached hydrogen (secondary N) is 1. The second kappa shape index (κ2) is 5.62. The third-order valence-electron chi connectivity index (χ3n) is 3.37. The number of carbonyl (C=O) groups excluding carboxylic acids is 2. The van der Waals surface area contributed by atoms with Crippen molar-refractivity contribution in [2.45, 2.75) is 60.4 Å². The number of aryl methyl sites for hydroxylation is 2. The van der Waals surface area contributed by atoms with Crippen molar-refractivity contribution in [3.8, 4) is 0 Å². The van der Waals surface area contributed by atoms with Crippen molar-refractivity contribution in [2.24, 2.45) is 12.5 Å². The van der Waals surface area contributed by atoms with E-state index >= 15 is 0 Å². The summed E-state index contributed by atoms with van der Waals surface area (Å²) in [6, 6.07) is 0. The molecule has 1 aromatic heterocycles. The number of hydrogen-bond acceptors (Lipinski definition) is 3. The summed E-state index contributed by atoms with van der Waals surface area (Å²) in [6.07, 6.45) is 0.782. The maximum Gasteiger partial charge on any atom is 0.292 e. The summed E-state index contributed by atoms with van der Waals surface area (Å²) in [5.74, 6) is -1.08. The Balaban J connectivity index is 2.92. The van der Waals surface area contributed by atoms with Gasteiger partial charge in [-0.15, -0.1) is 0 Å². The van der Waals surface area contributed by atoms with Gasteiger partial charge >= 0.3 is 0 Å². The quantitative estimate of drug-likeness (QED) is 0.685. The zero-order chi connectivity index (χ0) is 16.6. The molecule has 1 heterocycles. The summed E-state index contributed by atoms with van der Waals surface area (Å²) in [5.41, 5.74) is 1.33. The van der Waals surface area contributed by atoms with E-state index in [-0.39, 0.29) is 5.41 Å². The van der Waals surface area contributed by atoms with Crippen LogP contribution in [0.1, 0.15) is 62.8 Å². The SMILES string of the molecule is Cc1nn(C)c(C)c1C(=O)C(=O)NC(C)(C)CC(C)(C)C. The molecule has 0 atom stereocenters. The minimum absolute atomic E-state index is 0.0694. The smallest absolute Gasteiger partial charge is 0.292 e. The van der Waals surface area contributed by atoms with Crippen LogP contribution in [0.5, 0.6) is 0 Å². The normalized spacial score (nSPS) is 12.4. The Labute approximate surface area is 127 Å².